The van der Waals surface area contributed by atoms with Crippen molar-refractivity contribution in [3.8, 4) is 5.88 Å². The predicted molar refractivity (Wildman–Crippen MR) is 72.6 cm³/mol. The first kappa shape index (κ1) is 14.9. The first-order valence-corrected chi connectivity index (χ1v) is 6.37. The Bertz CT molecular complexity index is 312. The van der Waals surface area contributed by atoms with E-state index in [0.29, 0.717) is 18.4 Å². The van der Waals surface area contributed by atoms with E-state index in [2.05, 4.69) is 34.0 Å². The van der Waals surface area contributed by atoms with Crippen LogP contribution in [0.2, 0.25) is 0 Å². The molecule has 0 saturated carbocycles. The van der Waals surface area contributed by atoms with Gasteiger partial charge in [-0.25, -0.2) is 4.98 Å². The molecule has 1 aromatic heterocycles. The average Bonchev–Trinajstić information content (AvgIpc) is 2.28. The van der Waals surface area contributed by atoms with Gasteiger partial charge >= 0.3 is 0 Å². The van der Waals surface area contributed by atoms with E-state index in [1.807, 2.05) is 14.1 Å². The van der Waals surface area contributed by atoms with E-state index in [9.17, 15) is 0 Å². The molecule has 0 radical (unpaired) electrons. The van der Waals surface area contributed by atoms with Crippen molar-refractivity contribution in [3.63, 3.8) is 0 Å². The van der Waals surface area contributed by atoms with Crippen LogP contribution in [0.25, 0.3) is 0 Å². The quantitative estimate of drug-likeness (QED) is 0.752. The molecule has 1 aromatic rings. The van der Waals surface area contributed by atoms with Crippen LogP contribution in [0.5, 0.6) is 5.88 Å². The van der Waals surface area contributed by atoms with Gasteiger partial charge in [-0.05, 0) is 26.6 Å². The molecule has 0 aliphatic carbocycles. The van der Waals surface area contributed by atoms with Crippen LogP contribution in [0.1, 0.15) is 19.5 Å². The third-order valence-corrected chi connectivity index (χ3v) is 2.31. The highest BCUT2D eigenvalue weighted by molar-refractivity contribution is 5.08. The number of likely N-dealkylation sites (N-methyl/N-ethyl adjacent to an activating group) is 1. The number of ether oxygens (including phenoxy) is 1. The number of nitrogens with zero attached hydrogens (tertiary/aromatic N) is 3. The average molecular weight is 252 g/mol. The monoisotopic (exact) mass is 252 g/mol. The summed E-state index contributed by atoms with van der Waals surface area (Å²) in [6.45, 7) is 7.57. The molecule has 1 rings (SSSR count). The van der Waals surface area contributed by atoms with Crippen LogP contribution in [0.4, 0.5) is 0 Å². The van der Waals surface area contributed by atoms with Crippen molar-refractivity contribution in [1.29, 1.82) is 0 Å². The Hall–Kier alpha value is -1.20. The lowest BCUT2D eigenvalue weighted by molar-refractivity contribution is 0.252. The smallest absolute Gasteiger partial charge is 0.232 e. The Kier molecular flexibility index (Phi) is 6.60. The van der Waals surface area contributed by atoms with Crippen molar-refractivity contribution < 1.29 is 4.74 Å². The summed E-state index contributed by atoms with van der Waals surface area (Å²) in [6.07, 6.45) is 3.42. The second-order valence-corrected chi connectivity index (χ2v) is 5.03. The summed E-state index contributed by atoms with van der Waals surface area (Å²) in [5, 5.41) is 3.34. The summed E-state index contributed by atoms with van der Waals surface area (Å²) in [4.78, 5) is 10.6. The van der Waals surface area contributed by atoms with E-state index >= 15 is 0 Å². The molecule has 1 heterocycles. The highest BCUT2D eigenvalue weighted by Crippen LogP contribution is 2.05. The molecule has 0 fully saturated rings. The lowest BCUT2D eigenvalue weighted by Gasteiger charge is -2.11. The van der Waals surface area contributed by atoms with Crippen LogP contribution in [-0.4, -0.2) is 48.7 Å². The van der Waals surface area contributed by atoms with E-state index in [-0.39, 0.29) is 0 Å². The fraction of sp³-hybridized carbons (Fsp3) is 0.692. The highest BCUT2D eigenvalue weighted by Gasteiger charge is 2.01. The van der Waals surface area contributed by atoms with Crippen molar-refractivity contribution in [2.75, 3.05) is 33.8 Å². The first-order valence-electron chi connectivity index (χ1n) is 6.37. The van der Waals surface area contributed by atoms with Crippen molar-refractivity contribution >= 4 is 0 Å². The highest BCUT2D eigenvalue weighted by atomic mass is 16.5. The van der Waals surface area contributed by atoms with Gasteiger partial charge in [-0.15, -0.1) is 0 Å². The van der Waals surface area contributed by atoms with Crippen LogP contribution in [0, 0.1) is 5.92 Å². The van der Waals surface area contributed by atoms with E-state index < -0.39 is 0 Å². The molecular weight excluding hydrogens is 228 g/mol. The SMILES string of the molecule is CC(C)CNCc1cncc(OCCN(C)C)n1. The second kappa shape index (κ2) is 8.00. The standard InChI is InChI=1S/C13H24N4O/c1-11(2)7-14-8-12-9-15-10-13(16-12)18-6-5-17(3)4/h9-11,14H,5-8H2,1-4H3. The second-order valence-electron chi connectivity index (χ2n) is 5.03. The molecule has 1 N–H and O–H groups in total. The lowest BCUT2D eigenvalue weighted by atomic mass is 10.2. The minimum atomic E-state index is 0.598. The first-order chi connectivity index (χ1) is 8.58. The van der Waals surface area contributed by atoms with Crippen molar-refractivity contribution in [2.45, 2.75) is 20.4 Å². The molecule has 0 bridgehead atoms. The molecule has 0 saturated heterocycles. The van der Waals surface area contributed by atoms with Crippen molar-refractivity contribution in [3.05, 3.63) is 18.1 Å². The zero-order chi connectivity index (χ0) is 13.4. The van der Waals surface area contributed by atoms with Gasteiger partial charge in [0.05, 0.1) is 11.9 Å². The Morgan fingerprint density at radius 2 is 2.11 bits per heavy atom. The molecule has 102 valence electrons. The van der Waals surface area contributed by atoms with Gasteiger partial charge in [0.25, 0.3) is 0 Å². The van der Waals surface area contributed by atoms with Gasteiger partial charge in [-0.2, -0.15) is 0 Å². The van der Waals surface area contributed by atoms with Gasteiger partial charge in [0.2, 0.25) is 5.88 Å². The maximum atomic E-state index is 5.54. The van der Waals surface area contributed by atoms with Gasteiger partial charge in [0.15, 0.2) is 0 Å². The number of hydrogen-bond donors (Lipinski definition) is 1. The van der Waals surface area contributed by atoms with Gasteiger partial charge in [0, 0.05) is 19.3 Å². The van der Waals surface area contributed by atoms with Crippen LogP contribution >= 0.6 is 0 Å². The molecule has 0 amide bonds. The molecule has 5 heteroatoms. The molecule has 0 atom stereocenters. The van der Waals surface area contributed by atoms with Gasteiger partial charge in [-0.1, -0.05) is 13.8 Å². The maximum Gasteiger partial charge on any atom is 0.232 e. The third-order valence-electron chi connectivity index (χ3n) is 2.31. The zero-order valence-electron chi connectivity index (χ0n) is 11.8. The summed E-state index contributed by atoms with van der Waals surface area (Å²) in [6, 6.07) is 0. The van der Waals surface area contributed by atoms with E-state index in [1.165, 1.54) is 0 Å². The molecule has 0 spiro atoms. The van der Waals surface area contributed by atoms with E-state index in [0.717, 1.165) is 25.3 Å². The summed E-state index contributed by atoms with van der Waals surface area (Å²) in [7, 11) is 4.03. The Labute approximate surface area is 110 Å². The third kappa shape index (κ3) is 6.51. The minimum absolute atomic E-state index is 0.598. The normalized spacial score (nSPS) is 11.2. The number of rotatable bonds is 8. The zero-order valence-corrected chi connectivity index (χ0v) is 11.8. The molecule has 18 heavy (non-hydrogen) atoms. The Morgan fingerprint density at radius 3 is 2.78 bits per heavy atom. The van der Waals surface area contributed by atoms with Gasteiger partial charge < -0.3 is 15.0 Å². The molecular formula is C13H24N4O. The largest absolute Gasteiger partial charge is 0.475 e. The molecule has 0 aliphatic heterocycles. The Morgan fingerprint density at radius 1 is 1.33 bits per heavy atom. The number of nitrogens with one attached hydrogen (secondary N) is 1. The molecule has 0 unspecified atom stereocenters. The van der Waals surface area contributed by atoms with Crippen LogP contribution < -0.4 is 10.1 Å². The van der Waals surface area contributed by atoms with E-state index in [4.69, 9.17) is 4.74 Å². The van der Waals surface area contributed by atoms with Crippen LogP contribution in [0.15, 0.2) is 12.4 Å². The number of aromatic nitrogens is 2. The summed E-state index contributed by atoms with van der Waals surface area (Å²) < 4.78 is 5.54. The van der Waals surface area contributed by atoms with Gasteiger partial charge in [0.1, 0.15) is 6.61 Å². The van der Waals surface area contributed by atoms with E-state index in [1.54, 1.807) is 12.4 Å². The fourth-order valence-electron chi connectivity index (χ4n) is 1.36. The molecule has 5 nitrogen and oxygen atoms in total. The topological polar surface area (TPSA) is 50.3 Å². The summed E-state index contributed by atoms with van der Waals surface area (Å²) in [5.74, 6) is 1.23. The molecule has 0 aromatic carbocycles. The van der Waals surface area contributed by atoms with Crippen LogP contribution in [0.3, 0.4) is 0 Å². The molecule has 0 aliphatic rings. The van der Waals surface area contributed by atoms with Crippen molar-refractivity contribution in [1.82, 2.24) is 20.2 Å². The fourth-order valence-corrected chi connectivity index (χ4v) is 1.36. The Balaban J connectivity index is 2.36. The lowest BCUT2D eigenvalue weighted by Crippen LogP contribution is -2.21. The van der Waals surface area contributed by atoms with Gasteiger partial charge in [-0.3, -0.25) is 4.98 Å². The number of hydrogen-bond acceptors (Lipinski definition) is 5. The maximum absolute atomic E-state index is 5.54. The summed E-state index contributed by atoms with van der Waals surface area (Å²) in [5.41, 5.74) is 0.915. The van der Waals surface area contributed by atoms with Crippen LogP contribution in [-0.2, 0) is 6.54 Å². The predicted octanol–water partition coefficient (Wildman–Crippen LogP) is 1.16. The van der Waals surface area contributed by atoms with Crippen molar-refractivity contribution in [2.24, 2.45) is 5.92 Å². The summed E-state index contributed by atoms with van der Waals surface area (Å²) >= 11 is 0. The minimum Gasteiger partial charge on any atom is -0.475 e.